The topological polar surface area (TPSA) is 60.7 Å². The molecule has 0 spiro atoms. The summed E-state index contributed by atoms with van der Waals surface area (Å²) in [6.45, 7) is 1.36. The Kier molecular flexibility index (Phi) is 4.04. The van der Waals surface area contributed by atoms with Gasteiger partial charge in [-0.05, 0) is 25.3 Å². The highest BCUT2D eigenvalue weighted by Crippen LogP contribution is 2.34. The molecule has 1 aromatic heterocycles. The number of esters is 1. The number of methoxy groups -OCH3 is 2. The first kappa shape index (κ1) is 13.1. The number of carbonyl (C=O) groups excluding carboxylic acids is 1. The molecule has 1 N–H and O–H groups in total. The molecule has 0 unspecified atom stereocenters. The lowest BCUT2D eigenvalue weighted by Gasteiger charge is -2.40. The molecule has 1 aromatic rings. The van der Waals surface area contributed by atoms with Gasteiger partial charge in [0.15, 0.2) is 0 Å². The van der Waals surface area contributed by atoms with Crippen LogP contribution in [0.1, 0.15) is 35.4 Å². The van der Waals surface area contributed by atoms with E-state index in [1.807, 2.05) is 0 Å². The van der Waals surface area contributed by atoms with Gasteiger partial charge in [-0.3, -0.25) is 0 Å². The van der Waals surface area contributed by atoms with Gasteiger partial charge in [0.2, 0.25) is 5.76 Å². The quantitative estimate of drug-likeness (QED) is 0.782. The van der Waals surface area contributed by atoms with Crippen molar-refractivity contribution in [2.75, 3.05) is 20.8 Å². The van der Waals surface area contributed by atoms with E-state index in [0.29, 0.717) is 6.54 Å². The Labute approximate surface area is 106 Å². The lowest BCUT2D eigenvalue weighted by molar-refractivity contribution is -0.0695. The number of hydrogen-bond acceptors (Lipinski definition) is 5. The minimum atomic E-state index is -0.443. The van der Waals surface area contributed by atoms with Gasteiger partial charge >= 0.3 is 5.97 Å². The Morgan fingerprint density at radius 3 is 2.83 bits per heavy atom. The Hall–Kier alpha value is -1.33. The SMILES string of the molecule is COC(=O)c1occc1CNCC1(OC)CCC1. The lowest BCUT2D eigenvalue weighted by atomic mass is 9.80. The summed E-state index contributed by atoms with van der Waals surface area (Å²) in [4.78, 5) is 11.4. The fraction of sp³-hybridized carbons (Fsp3) is 0.615. The molecule has 18 heavy (non-hydrogen) atoms. The molecule has 0 aromatic carbocycles. The maximum absolute atomic E-state index is 11.4. The van der Waals surface area contributed by atoms with E-state index in [9.17, 15) is 4.79 Å². The first-order valence-corrected chi connectivity index (χ1v) is 6.11. The number of nitrogens with one attached hydrogen (secondary N) is 1. The highest BCUT2D eigenvalue weighted by Gasteiger charge is 2.36. The van der Waals surface area contributed by atoms with Gasteiger partial charge in [-0.2, -0.15) is 0 Å². The highest BCUT2D eigenvalue weighted by atomic mass is 16.5. The van der Waals surface area contributed by atoms with Gasteiger partial charge in [0.1, 0.15) is 0 Å². The van der Waals surface area contributed by atoms with Gasteiger partial charge < -0.3 is 19.2 Å². The minimum Gasteiger partial charge on any atom is -0.463 e. The molecule has 1 aliphatic rings. The summed E-state index contributed by atoms with van der Waals surface area (Å²) in [7, 11) is 3.09. The molecule has 0 radical (unpaired) electrons. The third-order valence-corrected chi connectivity index (χ3v) is 3.58. The monoisotopic (exact) mass is 253 g/mol. The normalized spacial score (nSPS) is 17.2. The molecule has 0 atom stereocenters. The second-order valence-corrected chi connectivity index (χ2v) is 4.61. The van der Waals surface area contributed by atoms with E-state index < -0.39 is 5.97 Å². The summed E-state index contributed by atoms with van der Waals surface area (Å²) >= 11 is 0. The Morgan fingerprint density at radius 2 is 2.28 bits per heavy atom. The average Bonchev–Trinajstić information content (AvgIpc) is 2.80. The van der Waals surface area contributed by atoms with Crippen LogP contribution in [0.15, 0.2) is 16.7 Å². The van der Waals surface area contributed by atoms with Gasteiger partial charge in [-0.25, -0.2) is 4.79 Å². The van der Waals surface area contributed by atoms with E-state index in [2.05, 4.69) is 10.1 Å². The number of carbonyl (C=O) groups is 1. The van der Waals surface area contributed by atoms with E-state index in [1.165, 1.54) is 19.8 Å². The van der Waals surface area contributed by atoms with Gasteiger partial charge in [0.05, 0.1) is 19.0 Å². The molecule has 1 aliphatic carbocycles. The number of ether oxygens (including phenoxy) is 2. The van der Waals surface area contributed by atoms with Crippen molar-refractivity contribution in [3.05, 3.63) is 23.7 Å². The third kappa shape index (κ3) is 2.57. The standard InChI is InChI=1S/C13H19NO4/c1-16-12(15)11-10(4-7-18-11)8-14-9-13(17-2)5-3-6-13/h4,7,14H,3,5-6,8-9H2,1-2H3. The molecular formula is C13H19NO4. The Balaban J connectivity index is 1.87. The van der Waals surface area contributed by atoms with E-state index >= 15 is 0 Å². The molecule has 1 saturated carbocycles. The molecule has 100 valence electrons. The zero-order valence-corrected chi connectivity index (χ0v) is 10.8. The molecule has 0 bridgehead atoms. The fourth-order valence-corrected chi connectivity index (χ4v) is 2.20. The second-order valence-electron chi connectivity index (χ2n) is 4.61. The van der Waals surface area contributed by atoms with Crippen molar-refractivity contribution < 1.29 is 18.7 Å². The molecule has 5 nitrogen and oxygen atoms in total. The zero-order chi connectivity index (χ0) is 13.0. The van der Waals surface area contributed by atoms with Crippen molar-refractivity contribution in [1.29, 1.82) is 0 Å². The second kappa shape index (κ2) is 5.54. The maximum Gasteiger partial charge on any atom is 0.374 e. The summed E-state index contributed by atoms with van der Waals surface area (Å²) in [6, 6.07) is 1.78. The molecule has 0 amide bonds. The summed E-state index contributed by atoms with van der Waals surface area (Å²) in [5.74, 6) is -0.174. The van der Waals surface area contributed by atoms with E-state index in [4.69, 9.17) is 9.15 Å². The van der Waals surface area contributed by atoms with E-state index in [1.54, 1.807) is 13.2 Å². The summed E-state index contributed by atoms with van der Waals surface area (Å²) < 4.78 is 15.3. The molecule has 2 rings (SSSR count). The van der Waals surface area contributed by atoms with Crippen molar-refractivity contribution in [2.24, 2.45) is 0 Å². The van der Waals surface area contributed by atoms with Crippen LogP contribution in [0.25, 0.3) is 0 Å². The maximum atomic E-state index is 11.4. The van der Waals surface area contributed by atoms with Crippen molar-refractivity contribution in [2.45, 2.75) is 31.4 Å². The highest BCUT2D eigenvalue weighted by molar-refractivity contribution is 5.87. The lowest BCUT2D eigenvalue weighted by Crippen LogP contribution is -2.47. The van der Waals surface area contributed by atoms with Crippen LogP contribution in [0.4, 0.5) is 0 Å². The number of rotatable bonds is 6. The van der Waals surface area contributed by atoms with Crippen LogP contribution < -0.4 is 5.32 Å². The molecular weight excluding hydrogens is 234 g/mol. The molecule has 0 aliphatic heterocycles. The van der Waals surface area contributed by atoms with Crippen LogP contribution >= 0.6 is 0 Å². The van der Waals surface area contributed by atoms with Gasteiger partial charge in [-0.1, -0.05) is 0 Å². The largest absolute Gasteiger partial charge is 0.463 e. The van der Waals surface area contributed by atoms with Gasteiger partial charge in [0.25, 0.3) is 0 Å². The molecule has 1 fully saturated rings. The average molecular weight is 253 g/mol. The molecule has 1 heterocycles. The fourth-order valence-electron chi connectivity index (χ4n) is 2.20. The van der Waals surface area contributed by atoms with Crippen LogP contribution in [0.5, 0.6) is 0 Å². The van der Waals surface area contributed by atoms with Crippen LogP contribution in [-0.2, 0) is 16.0 Å². The molecule has 5 heteroatoms. The van der Waals surface area contributed by atoms with Crippen molar-refractivity contribution >= 4 is 5.97 Å². The van der Waals surface area contributed by atoms with Crippen LogP contribution in [0.2, 0.25) is 0 Å². The summed E-state index contributed by atoms with van der Waals surface area (Å²) in [6.07, 6.45) is 4.89. The smallest absolute Gasteiger partial charge is 0.374 e. The van der Waals surface area contributed by atoms with Gasteiger partial charge in [-0.15, -0.1) is 0 Å². The van der Waals surface area contributed by atoms with Crippen molar-refractivity contribution in [3.8, 4) is 0 Å². The van der Waals surface area contributed by atoms with Crippen LogP contribution in [-0.4, -0.2) is 32.3 Å². The first-order valence-electron chi connectivity index (χ1n) is 6.11. The van der Waals surface area contributed by atoms with E-state index in [-0.39, 0.29) is 11.4 Å². The van der Waals surface area contributed by atoms with Crippen LogP contribution in [0, 0.1) is 0 Å². The third-order valence-electron chi connectivity index (χ3n) is 3.58. The summed E-state index contributed by atoms with van der Waals surface area (Å²) in [5.41, 5.74) is 0.794. The van der Waals surface area contributed by atoms with Crippen molar-refractivity contribution in [1.82, 2.24) is 5.32 Å². The first-order chi connectivity index (χ1) is 8.71. The summed E-state index contributed by atoms with van der Waals surface area (Å²) in [5, 5.41) is 3.31. The zero-order valence-electron chi connectivity index (χ0n) is 10.8. The van der Waals surface area contributed by atoms with Crippen LogP contribution in [0.3, 0.4) is 0 Å². The number of hydrogen-bond donors (Lipinski definition) is 1. The van der Waals surface area contributed by atoms with E-state index in [0.717, 1.165) is 24.9 Å². The predicted molar refractivity (Wildman–Crippen MR) is 65.3 cm³/mol. The Morgan fingerprint density at radius 1 is 1.50 bits per heavy atom. The minimum absolute atomic E-state index is 0.0187. The van der Waals surface area contributed by atoms with Gasteiger partial charge in [0, 0.05) is 25.8 Å². The molecule has 0 saturated heterocycles. The number of furan rings is 1. The Bertz CT molecular complexity index is 403. The van der Waals surface area contributed by atoms with Crippen molar-refractivity contribution in [3.63, 3.8) is 0 Å². The predicted octanol–water partition coefficient (Wildman–Crippen LogP) is 1.72.